The maximum atomic E-state index is 12.9. The first kappa shape index (κ1) is 14.7. The monoisotopic (exact) mass is 341 g/mol. The minimum absolute atomic E-state index is 0.276. The van der Waals surface area contributed by atoms with Crippen LogP contribution in [0, 0.1) is 5.92 Å². The summed E-state index contributed by atoms with van der Waals surface area (Å²) in [6.07, 6.45) is 1.98. The molecule has 3 unspecified atom stereocenters. The molecule has 1 aromatic carbocycles. The minimum atomic E-state index is -2.65. The molecule has 2 aromatic heterocycles. The fourth-order valence-corrected chi connectivity index (χ4v) is 4.31. The van der Waals surface area contributed by atoms with Crippen molar-refractivity contribution in [2.45, 2.75) is 37.6 Å². The summed E-state index contributed by atoms with van der Waals surface area (Å²) in [6.45, 7) is 0. The van der Waals surface area contributed by atoms with Crippen molar-refractivity contribution >= 4 is 17.0 Å². The van der Waals surface area contributed by atoms with Crippen molar-refractivity contribution in [3.63, 3.8) is 0 Å². The number of alkyl halides is 2. The summed E-state index contributed by atoms with van der Waals surface area (Å²) in [6, 6.07) is 8.96. The second kappa shape index (κ2) is 5.47. The highest BCUT2D eigenvalue weighted by Gasteiger charge is 2.44. The van der Waals surface area contributed by atoms with Crippen LogP contribution in [-0.2, 0) is 6.42 Å². The summed E-state index contributed by atoms with van der Waals surface area (Å²) in [5, 5.41) is 3.44. The van der Waals surface area contributed by atoms with Gasteiger partial charge in [0.15, 0.2) is 17.3 Å². The Kier molecular flexibility index (Phi) is 3.23. The van der Waals surface area contributed by atoms with Gasteiger partial charge < -0.3 is 10.3 Å². The fourth-order valence-electron chi connectivity index (χ4n) is 4.31. The lowest BCUT2D eigenvalue weighted by atomic mass is 9.60. The molecule has 2 N–H and O–H groups in total. The largest absolute Gasteiger partial charge is 0.365 e. The zero-order valence-electron chi connectivity index (χ0n) is 13.4. The van der Waals surface area contributed by atoms with E-state index in [2.05, 4.69) is 49.5 Å². The quantitative estimate of drug-likeness (QED) is 0.760. The van der Waals surface area contributed by atoms with Crippen molar-refractivity contribution < 1.29 is 8.78 Å². The van der Waals surface area contributed by atoms with Crippen molar-refractivity contribution in [3.05, 3.63) is 47.5 Å². The lowest BCUT2D eigenvalue weighted by Crippen LogP contribution is -2.47. The Morgan fingerprint density at radius 3 is 2.96 bits per heavy atom. The zero-order valence-corrected chi connectivity index (χ0v) is 13.4. The van der Waals surface area contributed by atoms with Crippen molar-refractivity contribution in [1.29, 1.82) is 0 Å². The Morgan fingerprint density at radius 2 is 2.08 bits per heavy atom. The molecular formula is C18H17F2N5. The molecule has 3 atom stereocenters. The molecule has 5 rings (SSSR count). The molecule has 0 amide bonds. The molecular weight excluding hydrogens is 324 g/mol. The van der Waals surface area contributed by atoms with E-state index in [0.717, 1.165) is 19.3 Å². The molecule has 2 heterocycles. The maximum Gasteiger partial charge on any atom is 0.295 e. The number of imidazole rings is 1. The summed E-state index contributed by atoms with van der Waals surface area (Å²) in [4.78, 5) is 14.7. The number of aromatic nitrogens is 4. The third-order valence-electron chi connectivity index (χ3n) is 5.58. The lowest BCUT2D eigenvalue weighted by molar-refractivity contribution is 0.142. The Morgan fingerprint density at radius 1 is 1.20 bits per heavy atom. The average Bonchev–Trinajstić information content (AvgIpc) is 3.04. The topological polar surface area (TPSA) is 66.5 Å². The van der Waals surface area contributed by atoms with Crippen LogP contribution >= 0.6 is 0 Å². The van der Waals surface area contributed by atoms with Crippen LogP contribution in [0.5, 0.6) is 0 Å². The van der Waals surface area contributed by atoms with E-state index in [4.69, 9.17) is 0 Å². The predicted octanol–water partition coefficient (Wildman–Crippen LogP) is 3.82. The molecule has 0 spiro atoms. The first-order valence-electron chi connectivity index (χ1n) is 8.54. The normalized spacial score (nSPS) is 24.7. The van der Waals surface area contributed by atoms with Crippen LogP contribution in [0.2, 0.25) is 0 Å². The summed E-state index contributed by atoms with van der Waals surface area (Å²) in [5.74, 6) is 1.33. The SMILES string of the molecule is FC(F)c1nc2ncnc(NC3CC4c5ccccc5CCC34)c2[nH]1. The van der Waals surface area contributed by atoms with E-state index >= 15 is 0 Å². The van der Waals surface area contributed by atoms with Gasteiger partial charge in [-0.2, -0.15) is 0 Å². The number of aromatic amines is 1. The molecule has 5 nitrogen and oxygen atoms in total. The standard InChI is InChI=1S/C18H17F2N5/c19-15(20)18-24-14-16(21-8-22-17(14)25-18)23-13-7-12-10-4-2-1-3-9(10)5-6-11(12)13/h1-4,8,11-13,15H,5-7H2,(H2,21,22,23,24,25). The van der Waals surface area contributed by atoms with Gasteiger partial charge in [0.25, 0.3) is 6.43 Å². The van der Waals surface area contributed by atoms with E-state index in [9.17, 15) is 8.78 Å². The van der Waals surface area contributed by atoms with Gasteiger partial charge in [-0.05, 0) is 42.2 Å². The lowest BCUT2D eigenvalue weighted by Gasteiger charge is -2.49. The number of nitrogens with zero attached hydrogens (tertiary/aromatic N) is 3. The smallest absolute Gasteiger partial charge is 0.295 e. The van der Waals surface area contributed by atoms with Crippen LogP contribution in [0.25, 0.3) is 11.2 Å². The third-order valence-corrected chi connectivity index (χ3v) is 5.58. The summed E-state index contributed by atoms with van der Waals surface area (Å²) in [7, 11) is 0. The summed E-state index contributed by atoms with van der Waals surface area (Å²) < 4.78 is 25.8. The first-order valence-corrected chi connectivity index (χ1v) is 8.54. The van der Waals surface area contributed by atoms with E-state index in [1.54, 1.807) is 0 Å². The van der Waals surface area contributed by atoms with Gasteiger partial charge in [0.2, 0.25) is 0 Å². The second-order valence-electron chi connectivity index (χ2n) is 6.84. The van der Waals surface area contributed by atoms with Crippen LogP contribution in [0.3, 0.4) is 0 Å². The van der Waals surface area contributed by atoms with Gasteiger partial charge in [-0.25, -0.2) is 23.7 Å². The summed E-state index contributed by atoms with van der Waals surface area (Å²) in [5.41, 5.74) is 3.66. The molecule has 0 bridgehead atoms. The van der Waals surface area contributed by atoms with Gasteiger partial charge in [-0.3, -0.25) is 0 Å². The molecule has 3 aromatic rings. The highest BCUT2D eigenvalue weighted by molar-refractivity contribution is 5.82. The molecule has 0 radical (unpaired) electrons. The summed E-state index contributed by atoms with van der Waals surface area (Å²) >= 11 is 0. The van der Waals surface area contributed by atoms with E-state index in [0.29, 0.717) is 29.2 Å². The minimum Gasteiger partial charge on any atom is -0.365 e. The molecule has 1 saturated carbocycles. The fraction of sp³-hybridized carbons (Fsp3) is 0.389. The highest BCUT2D eigenvalue weighted by Crippen LogP contribution is 2.50. The number of nitrogens with one attached hydrogen (secondary N) is 2. The molecule has 25 heavy (non-hydrogen) atoms. The highest BCUT2D eigenvalue weighted by atomic mass is 19.3. The predicted molar refractivity (Wildman–Crippen MR) is 89.7 cm³/mol. The number of hydrogen-bond acceptors (Lipinski definition) is 4. The molecule has 128 valence electrons. The van der Waals surface area contributed by atoms with Crippen molar-refractivity contribution in [3.8, 4) is 0 Å². The Labute approximate surface area is 142 Å². The third kappa shape index (κ3) is 2.29. The van der Waals surface area contributed by atoms with Gasteiger partial charge in [-0.15, -0.1) is 0 Å². The first-order chi connectivity index (χ1) is 12.2. The number of H-pyrrole nitrogens is 1. The van der Waals surface area contributed by atoms with Gasteiger partial charge in [0.1, 0.15) is 11.8 Å². The maximum absolute atomic E-state index is 12.9. The second-order valence-corrected chi connectivity index (χ2v) is 6.84. The number of hydrogen-bond donors (Lipinski definition) is 2. The van der Waals surface area contributed by atoms with Crippen LogP contribution in [0.1, 0.15) is 42.1 Å². The van der Waals surface area contributed by atoms with E-state index < -0.39 is 6.43 Å². The number of halogens is 2. The van der Waals surface area contributed by atoms with Crippen molar-refractivity contribution in [1.82, 2.24) is 19.9 Å². The van der Waals surface area contributed by atoms with Gasteiger partial charge in [-0.1, -0.05) is 24.3 Å². The molecule has 0 aliphatic heterocycles. The molecule has 2 aliphatic rings. The number of benzene rings is 1. The van der Waals surface area contributed by atoms with E-state index in [1.165, 1.54) is 17.5 Å². The zero-order chi connectivity index (χ0) is 17.0. The Balaban J connectivity index is 1.40. The number of anilines is 1. The molecule has 2 aliphatic carbocycles. The van der Waals surface area contributed by atoms with Gasteiger partial charge >= 0.3 is 0 Å². The number of rotatable bonds is 3. The average molecular weight is 341 g/mol. The van der Waals surface area contributed by atoms with Crippen molar-refractivity contribution in [2.75, 3.05) is 5.32 Å². The molecule has 1 fully saturated rings. The van der Waals surface area contributed by atoms with E-state index in [-0.39, 0.29) is 11.5 Å². The van der Waals surface area contributed by atoms with Crippen LogP contribution < -0.4 is 5.32 Å². The molecule has 0 saturated heterocycles. The number of aryl methyl sites for hydroxylation is 1. The van der Waals surface area contributed by atoms with Gasteiger partial charge in [0, 0.05) is 6.04 Å². The Bertz CT molecular complexity index is 938. The molecule has 7 heteroatoms. The van der Waals surface area contributed by atoms with Gasteiger partial charge in [0.05, 0.1) is 0 Å². The van der Waals surface area contributed by atoms with Crippen LogP contribution in [0.4, 0.5) is 14.6 Å². The Hall–Kier alpha value is -2.57. The number of fused-ring (bicyclic) bond motifs is 4. The van der Waals surface area contributed by atoms with Crippen LogP contribution in [-0.4, -0.2) is 26.0 Å². The van der Waals surface area contributed by atoms with E-state index in [1.807, 2.05) is 0 Å². The van der Waals surface area contributed by atoms with Crippen LogP contribution in [0.15, 0.2) is 30.6 Å². The van der Waals surface area contributed by atoms with Crippen molar-refractivity contribution in [2.24, 2.45) is 5.92 Å².